The zero-order valence-corrected chi connectivity index (χ0v) is 15.0. The molecule has 0 unspecified atom stereocenters. The van der Waals surface area contributed by atoms with E-state index >= 15 is 0 Å². The number of hydrogen-bond acceptors (Lipinski definition) is 7. The Hall–Kier alpha value is -3.49. The van der Waals surface area contributed by atoms with Gasteiger partial charge in [-0.25, -0.2) is 9.48 Å². The van der Waals surface area contributed by atoms with E-state index in [9.17, 15) is 9.59 Å². The van der Waals surface area contributed by atoms with Gasteiger partial charge in [-0.15, -0.1) is 5.10 Å². The highest BCUT2D eigenvalue weighted by atomic mass is 16.5. The lowest BCUT2D eigenvalue weighted by Crippen LogP contribution is -2.12. The SMILES string of the molecule is COC(=O)Cn1cc([C@H](C)OC(=O)c2cnn(Cc3ccccc3)c2)nn1. The van der Waals surface area contributed by atoms with Gasteiger partial charge in [-0.1, -0.05) is 35.5 Å². The van der Waals surface area contributed by atoms with E-state index in [0.29, 0.717) is 17.8 Å². The van der Waals surface area contributed by atoms with Crippen molar-refractivity contribution < 1.29 is 19.1 Å². The summed E-state index contributed by atoms with van der Waals surface area (Å²) in [6.45, 7) is 2.18. The Morgan fingerprint density at radius 3 is 2.67 bits per heavy atom. The molecule has 2 heterocycles. The lowest BCUT2D eigenvalue weighted by atomic mass is 10.2. The van der Waals surface area contributed by atoms with E-state index in [1.165, 1.54) is 24.2 Å². The van der Waals surface area contributed by atoms with E-state index in [4.69, 9.17) is 4.74 Å². The molecule has 0 amide bonds. The second-order valence-electron chi connectivity index (χ2n) is 5.88. The normalized spacial score (nSPS) is 11.8. The molecule has 0 aliphatic heterocycles. The molecular formula is C18H19N5O4. The first-order valence-electron chi connectivity index (χ1n) is 8.29. The van der Waals surface area contributed by atoms with Crippen molar-refractivity contribution in [3.63, 3.8) is 0 Å². The maximum Gasteiger partial charge on any atom is 0.341 e. The molecule has 1 atom stereocenters. The standard InChI is InChI=1S/C18H19N5O4/c1-13(16-11-23(21-20-16)12-17(24)26-2)27-18(25)15-8-19-22(10-15)9-14-6-4-3-5-7-14/h3-8,10-11,13H,9,12H2,1-2H3/t13-/m0/s1. The van der Waals surface area contributed by atoms with Gasteiger partial charge in [0.25, 0.3) is 0 Å². The van der Waals surface area contributed by atoms with Gasteiger partial charge in [0.1, 0.15) is 18.3 Å². The fourth-order valence-corrected chi connectivity index (χ4v) is 2.39. The van der Waals surface area contributed by atoms with Crippen molar-refractivity contribution >= 4 is 11.9 Å². The zero-order chi connectivity index (χ0) is 19.2. The molecule has 3 aromatic rings. The van der Waals surface area contributed by atoms with Crippen LogP contribution in [0.2, 0.25) is 0 Å². The summed E-state index contributed by atoms with van der Waals surface area (Å²) in [5, 5.41) is 11.9. The van der Waals surface area contributed by atoms with E-state index in [-0.39, 0.29) is 6.54 Å². The van der Waals surface area contributed by atoms with Gasteiger partial charge in [-0.2, -0.15) is 5.10 Å². The number of nitrogens with zero attached hydrogens (tertiary/aromatic N) is 5. The van der Waals surface area contributed by atoms with Crippen LogP contribution in [0.25, 0.3) is 0 Å². The molecule has 0 radical (unpaired) electrons. The zero-order valence-electron chi connectivity index (χ0n) is 15.0. The summed E-state index contributed by atoms with van der Waals surface area (Å²) in [4.78, 5) is 23.6. The highest BCUT2D eigenvalue weighted by Gasteiger charge is 2.18. The van der Waals surface area contributed by atoms with Crippen molar-refractivity contribution in [1.29, 1.82) is 0 Å². The molecule has 0 aliphatic rings. The topological polar surface area (TPSA) is 101 Å². The monoisotopic (exact) mass is 369 g/mol. The first kappa shape index (κ1) is 18.3. The average Bonchev–Trinajstić information content (AvgIpc) is 3.32. The number of benzene rings is 1. The lowest BCUT2D eigenvalue weighted by Gasteiger charge is -2.09. The summed E-state index contributed by atoms with van der Waals surface area (Å²) in [5.41, 5.74) is 1.86. The Kier molecular flexibility index (Phi) is 5.60. The Balaban J connectivity index is 1.59. The van der Waals surface area contributed by atoms with Crippen LogP contribution in [0.3, 0.4) is 0 Å². The summed E-state index contributed by atoms with van der Waals surface area (Å²) in [6, 6.07) is 9.81. The van der Waals surface area contributed by atoms with Crippen LogP contribution in [-0.4, -0.2) is 43.8 Å². The van der Waals surface area contributed by atoms with Crippen LogP contribution in [0.1, 0.15) is 34.6 Å². The van der Waals surface area contributed by atoms with Gasteiger partial charge in [0.05, 0.1) is 31.6 Å². The molecule has 9 nitrogen and oxygen atoms in total. The van der Waals surface area contributed by atoms with Crippen molar-refractivity contribution in [3.05, 3.63) is 65.7 Å². The minimum atomic E-state index is -0.624. The third-order valence-electron chi connectivity index (χ3n) is 3.83. The summed E-state index contributed by atoms with van der Waals surface area (Å²) >= 11 is 0. The molecule has 0 saturated carbocycles. The first-order valence-corrected chi connectivity index (χ1v) is 8.29. The second kappa shape index (κ2) is 8.26. The fraction of sp³-hybridized carbons (Fsp3) is 0.278. The maximum atomic E-state index is 12.3. The van der Waals surface area contributed by atoms with E-state index in [2.05, 4.69) is 20.1 Å². The lowest BCUT2D eigenvalue weighted by molar-refractivity contribution is -0.141. The smallest absolute Gasteiger partial charge is 0.341 e. The van der Waals surface area contributed by atoms with Crippen LogP contribution < -0.4 is 0 Å². The Labute approximate surface area is 155 Å². The summed E-state index contributed by atoms with van der Waals surface area (Å²) < 4.78 is 13.0. The molecule has 1 aromatic carbocycles. The molecular weight excluding hydrogens is 350 g/mol. The van der Waals surface area contributed by atoms with Gasteiger partial charge in [0, 0.05) is 6.20 Å². The Morgan fingerprint density at radius 1 is 1.15 bits per heavy atom. The number of methoxy groups -OCH3 is 1. The van der Waals surface area contributed by atoms with Crippen molar-refractivity contribution in [2.45, 2.75) is 26.1 Å². The molecule has 0 bridgehead atoms. The summed E-state index contributed by atoms with van der Waals surface area (Å²) in [7, 11) is 1.29. The fourth-order valence-electron chi connectivity index (χ4n) is 2.39. The number of esters is 2. The van der Waals surface area contributed by atoms with E-state index in [0.717, 1.165) is 5.56 Å². The predicted molar refractivity (Wildman–Crippen MR) is 93.6 cm³/mol. The Bertz CT molecular complexity index is 919. The number of carbonyl (C=O) groups is 2. The molecule has 0 spiro atoms. The van der Waals surface area contributed by atoms with Gasteiger partial charge < -0.3 is 9.47 Å². The number of aromatic nitrogens is 5. The average molecular weight is 369 g/mol. The van der Waals surface area contributed by atoms with Crippen LogP contribution >= 0.6 is 0 Å². The van der Waals surface area contributed by atoms with Crippen LogP contribution in [0.5, 0.6) is 0 Å². The van der Waals surface area contributed by atoms with E-state index in [1.54, 1.807) is 17.8 Å². The summed E-state index contributed by atoms with van der Waals surface area (Å²) in [6.07, 6.45) is 4.01. The van der Waals surface area contributed by atoms with Crippen molar-refractivity contribution in [2.24, 2.45) is 0 Å². The molecule has 27 heavy (non-hydrogen) atoms. The molecule has 2 aromatic heterocycles. The van der Waals surface area contributed by atoms with Crippen LogP contribution in [0.15, 0.2) is 48.9 Å². The third-order valence-corrected chi connectivity index (χ3v) is 3.83. The van der Waals surface area contributed by atoms with Crippen LogP contribution in [0, 0.1) is 0 Å². The molecule has 0 fully saturated rings. The molecule has 0 N–H and O–H groups in total. The van der Waals surface area contributed by atoms with Crippen molar-refractivity contribution in [3.8, 4) is 0 Å². The largest absolute Gasteiger partial charge is 0.468 e. The molecule has 0 saturated heterocycles. The first-order chi connectivity index (χ1) is 13.0. The molecule has 140 valence electrons. The van der Waals surface area contributed by atoms with E-state index < -0.39 is 18.0 Å². The van der Waals surface area contributed by atoms with Gasteiger partial charge in [-0.3, -0.25) is 9.48 Å². The number of ether oxygens (including phenoxy) is 2. The van der Waals surface area contributed by atoms with Crippen LogP contribution in [-0.2, 0) is 27.4 Å². The van der Waals surface area contributed by atoms with E-state index in [1.807, 2.05) is 30.3 Å². The highest BCUT2D eigenvalue weighted by Crippen LogP contribution is 2.16. The van der Waals surface area contributed by atoms with Crippen molar-refractivity contribution in [1.82, 2.24) is 24.8 Å². The predicted octanol–water partition coefficient (Wildman–Crippen LogP) is 1.61. The summed E-state index contributed by atoms with van der Waals surface area (Å²) in [5.74, 6) is -0.953. The van der Waals surface area contributed by atoms with Gasteiger partial charge in [0.2, 0.25) is 0 Å². The molecule has 0 aliphatic carbocycles. The quantitative estimate of drug-likeness (QED) is 0.583. The third kappa shape index (κ3) is 4.78. The molecule has 9 heteroatoms. The molecule has 3 rings (SSSR count). The van der Waals surface area contributed by atoms with Gasteiger partial charge in [-0.05, 0) is 12.5 Å². The number of hydrogen-bond donors (Lipinski definition) is 0. The van der Waals surface area contributed by atoms with Gasteiger partial charge >= 0.3 is 11.9 Å². The highest BCUT2D eigenvalue weighted by molar-refractivity contribution is 5.88. The number of rotatable bonds is 7. The Morgan fingerprint density at radius 2 is 1.93 bits per heavy atom. The second-order valence-corrected chi connectivity index (χ2v) is 5.88. The number of carbonyl (C=O) groups excluding carboxylic acids is 2. The minimum absolute atomic E-state index is 0.0591. The maximum absolute atomic E-state index is 12.3. The van der Waals surface area contributed by atoms with Crippen molar-refractivity contribution in [2.75, 3.05) is 7.11 Å². The van der Waals surface area contributed by atoms with Gasteiger partial charge in [0.15, 0.2) is 0 Å². The van der Waals surface area contributed by atoms with Crippen LogP contribution in [0.4, 0.5) is 0 Å². The minimum Gasteiger partial charge on any atom is -0.468 e.